The first-order valence-electron chi connectivity index (χ1n) is 4.39. The van der Waals surface area contributed by atoms with Gasteiger partial charge in [0.25, 0.3) is 0 Å². The summed E-state index contributed by atoms with van der Waals surface area (Å²) in [6.07, 6.45) is 7.44. The van der Waals surface area contributed by atoms with E-state index in [1.807, 2.05) is 13.8 Å². The van der Waals surface area contributed by atoms with Crippen LogP contribution in [0.2, 0.25) is 0 Å². The molecule has 1 nitrogen and oxygen atoms in total. The first kappa shape index (κ1) is 17.2. The molecule has 2 N–H and O–H groups in total. The largest absolute Gasteiger partial charge is 0.412 e. The molecule has 0 heterocycles. The Kier molecular flexibility index (Phi) is 19.7. The quantitative estimate of drug-likeness (QED) is 0.522. The van der Waals surface area contributed by atoms with Gasteiger partial charge in [0.05, 0.1) is 0 Å². The summed E-state index contributed by atoms with van der Waals surface area (Å²) < 4.78 is 0. The lowest BCUT2D eigenvalue weighted by molar-refractivity contribution is 0.385. The standard InChI is InChI=1S/C7H14.C2H6.CH4.H2O/c1-7-5-3-2-4-6-7;1-2;;/h7H,2-6H2,1H3;1-2H3;1H4;1H2. The summed E-state index contributed by atoms with van der Waals surface area (Å²) in [7, 11) is 0. The third-order valence-electron chi connectivity index (χ3n) is 1.89. The molecule has 0 radical (unpaired) electrons. The summed E-state index contributed by atoms with van der Waals surface area (Å²) in [4.78, 5) is 0. The SMILES string of the molecule is C.CC.CC1CCCCC1.O. The number of hydrogen-bond acceptors (Lipinski definition) is 0. The molecule has 0 aromatic heterocycles. The smallest absolute Gasteiger partial charge is 0.0443 e. The second-order valence-corrected chi connectivity index (χ2v) is 2.74. The molecule has 0 unspecified atom stereocenters. The normalized spacial score (nSPS) is 16.6. The third kappa shape index (κ3) is 9.96. The lowest BCUT2D eigenvalue weighted by atomic mass is 9.91. The Bertz CT molecular complexity index is 46.8. The Morgan fingerprint density at radius 2 is 1.27 bits per heavy atom. The maximum absolute atomic E-state index is 2.36. The van der Waals surface area contributed by atoms with E-state index < -0.39 is 0 Å². The van der Waals surface area contributed by atoms with Crippen molar-refractivity contribution in [2.45, 2.75) is 60.3 Å². The van der Waals surface area contributed by atoms with E-state index in [1.165, 1.54) is 32.1 Å². The lowest BCUT2D eigenvalue weighted by Crippen LogP contribution is -1.99. The molecule has 1 aliphatic rings. The van der Waals surface area contributed by atoms with E-state index in [1.54, 1.807) is 0 Å². The molecule has 0 aliphatic heterocycles. The minimum atomic E-state index is 0. The summed E-state index contributed by atoms with van der Waals surface area (Å²) in [6, 6.07) is 0. The molecule has 11 heavy (non-hydrogen) atoms. The second-order valence-electron chi connectivity index (χ2n) is 2.74. The van der Waals surface area contributed by atoms with Gasteiger partial charge in [-0.3, -0.25) is 0 Å². The van der Waals surface area contributed by atoms with Crippen molar-refractivity contribution < 1.29 is 5.48 Å². The van der Waals surface area contributed by atoms with Gasteiger partial charge in [-0.25, -0.2) is 0 Å². The predicted octanol–water partition coefficient (Wildman–Crippen LogP) is 3.42. The second kappa shape index (κ2) is 12.6. The number of rotatable bonds is 0. The van der Waals surface area contributed by atoms with Gasteiger partial charge in [-0.15, -0.1) is 0 Å². The summed E-state index contributed by atoms with van der Waals surface area (Å²) in [5, 5.41) is 0. The topological polar surface area (TPSA) is 31.5 Å². The van der Waals surface area contributed by atoms with Gasteiger partial charge in [0.1, 0.15) is 0 Å². The summed E-state index contributed by atoms with van der Waals surface area (Å²) >= 11 is 0. The molecule has 1 heteroatoms. The van der Waals surface area contributed by atoms with Crippen LogP contribution in [0, 0.1) is 5.92 Å². The highest BCUT2D eigenvalue weighted by Crippen LogP contribution is 2.21. The highest BCUT2D eigenvalue weighted by Gasteiger charge is 2.05. The molecule has 0 amide bonds. The Hall–Kier alpha value is -0.0400. The van der Waals surface area contributed by atoms with Crippen LogP contribution in [0.5, 0.6) is 0 Å². The van der Waals surface area contributed by atoms with Crippen molar-refractivity contribution in [3.63, 3.8) is 0 Å². The summed E-state index contributed by atoms with van der Waals surface area (Å²) in [6.45, 7) is 6.36. The molecule has 72 valence electrons. The lowest BCUT2D eigenvalue weighted by Gasteiger charge is -2.15. The van der Waals surface area contributed by atoms with Crippen molar-refractivity contribution >= 4 is 0 Å². The van der Waals surface area contributed by atoms with Crippen LogP contribution in [0.4, 0.5) is 0 Å². The van der Waals surface area contributed by atoms with E-state index in [0.29, 0.717) is 0 Å². The van der Waals surface area contributed by atoms with Crippen LogP contribution >= 0.6 is 0 Å². The van der Waals surface area contributed by atoms with E-state index in [0.717, 1.165) is 5.92 Å². The van der Waals surface area contributed by atoms with Gasteiger partial charge in [0, 0.05) is 0 Å². The first-order chi connectivity index (χ1) is 4.39. The van der Waals surface area contributed by atoms with Gasteiger partial charge in [-0.2, -0.15) is 0 Å². The van der Waals surface area contributed by atoms with E-state index >= 15 is 0 Å². The zero-order valence-corrected chi connectivity index (χ0v) is 7.61. The van der Waals surface area contributed by atoms with Crippen molar-refractivity contribution in [1.82, 2.24) is 0 Å². The van der Waals surface area contributed by atoms with Crippen molar-refractivity contribution in [2.24, 2.45) is 5.92 Å². The highest BCUT2D eigenvalue weighted by molar-refractivity contribution is 4.59. The van der Waals surface area contributed by atoms with Gasteiger partial charge in [-0.1, -0.05) is 60.3 Å². The van der Waals surface area contributed by atoms with Gasteiger partial charge in [-0.05, 0) is 5.92 Å². The summed E-state index contributed by atoms with van der Waals surface area (Å²) in [5.41, 5.74) is 0. The van der Waals surface area contributed by atoms with E-state index in [-0.39, 0.29) is 12.9 Å². The van der Waals surface area contributed by atoms with Gasteiger partial charge in [0.15, 0.2) is 0 Å². The summed E-state index contributed by atoms with van der Waals surface area (Å²) in [5.74, 6) is 1.04. The molecule has 0 spiro atoms. The van der Waals surface area contributed by atoms with Gasteiger partial charge in [0.2, 0.25) is 0 Å². The third-order valence-corrected chi connectivity index (χ3v) is 1.89. The van der Waals surface area contributed by atoms with Crippen LogP contribution < -0.4 is 0 Å². The molecule has 0 bridgehead atoms. The molecule has 0 saturated heterocycles. The minimum Gasteiger partial charge on any atom is -0.412 e. The fourth-order valence-electron chi connectivity index (χ4n) is 1.31. The fourth-order valence-corrected chi connectivity index (χ4v) is 1.31. The maximum Gasteiger partial charge on any atom is -0.0443 e. The van der Waals surface area contributed by atoms with Gasteiger partial charge < -0.3 is 5.48 Å². The molecule has 0 atom stereocenters. The van der Waals surface area contributed by atoms with Crippen molar-refractivity contribution in [1.29, 1.82) is 0 Å². The zero-order valence-electron chi connectivity index (χ0n) is 7.61. The van der Waals surface area contributed by atoms with Crippen LogP contribution in [0.1, 0.15) is 60.3 Å². The van der Waals surface area contributed by atoms with Crippen LogP contribution in [-0.4, -0.2) is 5.48 Å². The average Bonchev–Trinajstić information content (AvgIpc) is 1.94. The van der Waals surface area contributed by atoms with Crippen molar-refractivity contribution in [3.8, 4) is 0 Å². The average molecular weight is 162 g/mol. The van der Waals surface area contributed by atoms with Crippen LogP contribution in [0.15, 0.2) is 0 Å². The number of hydrogen-bond donors (Lipinski definition) is 0. The van der Waals surface area contributed by atoms with Gasteiger partial charge >= 0.3 is 0 Å². The van der Waals surface area contributed by atoms with E-state index in [2.05, 4.69) is 6.92 Å². The molecule has 1 rings (SSSR count). The minimum absolute atomic E-state index is 0. The molecule has 0 aromatic rings. The molecule has 1 aliphatic carbocycles. The Morgan fingerprint density at radius 3 is 1.45 bits per heavy atom. The first-order valence-corrected chi connectivity index (χ1v) is 4.39. The van der Waals surface area contributed by atoms with Crippen molar-refractivity contribution in [3.05, 3.63) is 0 Å². The molecular formula is C10H26O. The highest BCUT2D eigenvalue weighted by atomic mass is 16.0. The Balaban J connectivity index is -0.000000149. The molecular weight excluding hydrogens is 136 g/mol. The molecule has 1 fully saturated rings. The maximum atomic E-state index is 2.36. The Labute approximate surface area is 72.5 Å². The predicted molar refractivity (Wildman–Crippen MR) is 53.9 cm³/mol. The fraction of sp³-hybridized carbons (Fsp3) is 1.00. The van der Waals surface area contributed by atoms with E-state index in [9.17, 15) is 0 Å². The van der Waals surface area contributed by atoms with Crippen LogP contribution in [0.25, 0.3) is 0 Å². The zero-order chi connectivity index (χ0) is 7.11. The van der Waals surface area contributed by atoms with Crippen LogP contribution in [-0.2, 0) is 0 Å². The van der Waals surface area contributed by atoms with Crippen molar-refractivity contribution in [2.75, 3.05) is 0 Å². The molecule has 0 aromatic carbocycles. The Morgan fingerprint density at radius 1 is 0.909 bits per heavy atom. The van der Waals surface area contributed by atoms with Crippen LogP contribution in [0.3, 0.4) is 0 Å². The van der Waals surface area contributed by atoms with E-state index in [4.69, 9.17) is 0 Å². The monoisotopic (exact) mass is 162 g/mol. The molecule has 1 saturated carbocycles.